The Morgan fingerprint density at radius 3 is 1.58 bits per heavy atom. The first-order valence-electron chi connectivity index (χ1n) is 8.31. The van der Waals surface area contributed by atoms with Gasteiger partial charge in [-0.3, -0.25) is 0 Å². The predicted octanol–water partition coefficient (Wildman–Crippen LogP) is 5.46. The zero-order chi connectivity index (χ0) is 14.7. The first-order valence-corrected chi connectivity index (χ1v) is 8.31. The van der Waals surface area contributed by atoms with E-state index in [9.17, 15) is 0 Å². The summed E-state index contributed by atoms with van der Waals surface area (Å²) in [4.78, 5) is 2.58. The fourth-order valence-electron chi connectivity index (χ4n) is 2.71. The van der Waals surface area contributed by atoms with Gasteiger partial charge in [0.05, 0.1) is 0 Å². The van der Waals surface area contributed by atoms with Crippen LogP contribution in [0.1, 0.15) is 65.5 Å². The van der Waals surface area contributed by atoms with Crippen molar-refractivity contribution in [1.29, 1.82) is 0 Å². The maximum Gasteiger partial charge on any atom is 0.0431 e. The van der Waals surface area contributed by atoms with Gasteiger partial charge in [-0.25, -0.2) is 0 Å². The molecule has 0 atom stereocenters. The molecular weight excluding hydrogens is 230 g/mol. The van der Waals surface area contributed by atoms with Crippen molar-refractivity contribution in [2.24, 2.45) is 0 Å². The van der Waals surface area contributed by atoms with Crippen molar-refractivity contribution in [1.82, 2.24) is 0 Å². The zero-order valence-corrected chi connectivity index (χ0v) is 13.9. The Morgan fingerprint density at radius 2 is 1.16 bits per heavy atom. The lowest BCUT2D eigenvalue weighted by Gasteiger charge is -2.36. The summed E-state index contributed by atoms with van der Waals surface area (Å²) in [7, 11) is 0. The van der Waals surface area contributed by atoms with Gasteiger partial charge in [-0.05, 0) is 36.8 Å². The molecule has 0 amide bonds. The van der Waals surface area contributed by atoms with E-state index in [1.54, 1.807) is 16.8 Å². The molecule has 1 aromatic carbocycles. The van der Waals surface area contributed by atoms with Crippen molar-refractivity contribution in [3.05, 3.63) is 29.3 Å². The number of para-hydroxylation sites is 1. The molecule has 2 aliphatic heterocycles. The van der Waals surface area contributed by atoms with Crippen molar-refractivity contribution in [3.8, 4) is 0 Å². The molecule has 19 heavy (non-hydrogen) atoms. The molecule has 110 valence electrons. The largest absolute Gasteiger partial charge is 0.371 e. The smallest absolute Gasteiger partial charge is 0.0431 e. The Bertz CT molecular complexity index is 302. The van der Waals surface area contributed by atoms with Gasteiger partial charge in [0.25, 0.3) is 0 Å². The molecule has 1 aromatic rings. The minimum atomic E-state index is 1.28. The van der Waals surface area contributed by atoms with Crippen LogP contribution in [0.4, 0.5) is 5.69 Å². The van der Waals surface area contributed by atoms with Gasteiger partial charge >= 0.3 is 0 Å². The average Bonchev–Trinajstić information content (AvgIpc) is 2.54. The summed E-state index contributed by atoms with van der Waals surface area (Å²) in [5.74, 6) is 0. The summed E-state index contributed by atoms with van der Waals surface area (Å²) >= 11 is 0. The van der Waals surface area contributed by atoms with Crippen LogP contribution < -0.4 is 4.90 Å². The molecule has 0 saturated carbocycles. The zero-order valence-electron chi connectivity index (χ0n) is 13.9. The topological polar surface area (TPSA) is 3.24 Å². The molecule has 3 rings (SSSR count). The molecule has 0 spiro atoms. The normalized spacial score (nSPS) is 14.5. The van der Waals surface area contributed by atoms with E-state index in [0.717, 1.165) is 0 Å². The van der Waals surface area contributed by atoms with Crippen LogP contribution in [0.25, 0.3) is 0 Å². The third-order valence-corrected chi connectivity index (χ3v) is 3.27. The summed E-state index contributed by atoms with van der Waals surface area (Å²) in [5.41, 5.74) is 4.76. The molecule has 1 nitrogen and oxygen atoms in total. The van der Waals surface area contributed by atoms with Crippen LogP contribution in [0.3, 0.4) is 0 Å². The molecule has 0 unspecified atom stereocenters. The molecule has 2 aliphatic rings. The fourth-order valence-corrected chi connectivity index (χ4v) is 2.71. The molecule has 0 fully saturated rings. The van der Waals surface area contributed by atoms with E-state index in [-0.39, 0.29) is 0 Å². The molecule has 0 bridgehead atoms. The highest BCUT2D eigenvalue weighted by atomic mass is 15.1. The van der Waals surface area contributed by atoms with E-state index >= 15 is 0 Å². The second-order valence-electron chi connectivity index (χ2n) is 4.12. The minimum Gasteiger partial charge on any atom is -0.371 e. The van der Waals surface area contributed by atoms with E-state index < -0.39 is 0 Å². The van der Waals surface area contributed by atoms with Crippen molar-refractivity contribution < 1.29 is 0 Å². The second kappa shape index (κ2) is 10.9. The monoisotopic (exact) mass is 263 g/mol. The number of anilines is 1. The van der Waals surface area contributed by atoms with Crippen LogP contribution in [0, 0.1) is 0 Å². The third-order valence-electron chi connectivity index (χ3n) is 3.27. The van der Waals surface area contributed by atoms with Crippen LogP contribution in [-0.4, -0.2) is 13.1 Å². The van der Waals surface area contributed by atoms with Gasteiger partial charge in [-0.2, -0.15) is 0 Å². The standard InChI is InChI=1S/C12H15N.3C2H6/c1-4-10-6-2-8-13-9-3-7-11(5-1)12(10)13;3*1-2/h1,4-5H,2-3,6-9H2;3*1-2H3. The first kappa shape index (κ1) is 18.0. The summed E-state index contributed by atoms with van der Waals surface area (Å²) in [5, 5.41) is 0. The number of hydrogen-bond acceptors (Lipinski definition) is 1. The van der Waals surface area contributed by atoms with Gasteiger partial charge in [0.15, 0.2) is 0 Å². The summed E-state index contributed by atoms with van der Waals surface area (Å²) in [6, 6.07) is 6.83. The lowest BCUT2D eigenvalue weighted by molar-refractivity contribution is 0.634. The predicted molar refractivity (Wildman–Crippen MR) is 89.3 cm³/mol. The van der Waals surface area contributed by atoms with Gasteiger partial charge in [0.2, 0.25) is 0 Å². The van der Waals surface area contributed by atoms with Gasteiger partial charge in [-0.15, -0.1) is 0 Å². The minimum absolute atomic E-state index is 1.28. The SMILES string of the molecule is CC.CC.CC.c1cc2c3c(c1)CCCN3CCC2. The van der Waals surface area contributed by atoms with Gasteiger partial charge in [0.1, 0.15) is 0 Å². The highest BCUT2D eigenvalue weighted by Crippen LogP contribution is 2.34. The molecule has 1 heteroatoms. The number of hydrogen-bond donors (Lipinski definition) is 0. The lowest BCUT2D eigenvalue weighted by Crippen LogP contribution is -2.34. The fraction of sp³-hybridized carbons (Fsp3) is 0.667. The third kappa shape index (κ3) is 4.56. The molecule has 0 radical (unpaired) electrons. The molecule has 0 N–H and O–H groups in total. The quantitative estimate of drug-likeness (QED) is 0.600. The van der Waals surface area contributed by atoms with Crippen molar-refractivity contribution in [2.45, 2.75) is 67.2 Å². The molecule has 0 saturated heterocycles. The van der Waals surface area contributed by atoms with E-state index in [4.69, 9.17) is 0 Å². The number of aryl methyl sites for hydroxylation is 2. The maximum atomic E-state index is 2.58. The summed E-state index contributed by atoms with van der Waals surface area (Å²) in [6.45, 7) is 14.6. The van der Waals surface area contributed by atoms with Crippen LogP contribution >= 0.6 is 0 Å². The maximum absolute atomic E-state index is 2.58. The van der Waals surface area contributed by atoms with E-state index in [0.29, 0.717) is 0 Å². The molecule has 0 aliphatic carbocycles. The second-order valence-corrected chi connectivity index (χ2v) is 4.12. The Labute approximate surface area is 121 Å². The Morgan fingerprint density at radius 1 is 0.737 bits per heavy atom. The highest BCUT2D eigenvalue weighted by Gasteiger charge is 2.22. The number of rotatable bonds is 0. The Kier molecular flexibility index (Phi) is 10.3. The van der Waals surface area contributed by atoms with E-state index in [1.165, 1.54) is 38.8 Å². The summed E-state index contributed by atoms with van der Waals surface area (Å²) < 4.78 is 0. The van der Waals surface area contributed by atoms with E-state index in [2.05, 4.69) is 23.1 Å². The van der Waals surface area contributed by atoms with Crippen molar-refractivity contribution in [3.63, 3.8) is 0 Å². The summed E-state index contributed by atoms with van der Waals surface area (Å²) in [6.07, 6.45) is 5.27. The number of benzene rings is 1. The van der Waals surface area contributed by atoms with Crippen molar-refractivity contribution in [2.75, 3.05) is 18.0 Å². The van der Waals surface area contributed by atoms with Gasteiger partial charge in [0, 0.05) is 18.8 Å². The highest BCUT2D eigenvalue weighted by molar-refractivity contribution is 5.62. The van der Waals surface area contributed by atoms with Gasteiger partial charge in [-0.1, -0.05) is 59.7 Å². The molecule has 0 aromatic heterocycles. The average molecular weight is 263 g/mol. The van der Waals surface area contributed by atoms with Crippen LogP contribution in [-0.2, 0) is 12.8 Å². The number of nitrogens with zero attached hydrogens (tertiary/aromatic N) is 1. The van der Waals surface area contributed by atoms with Crippen LogP contribution in [0.15, 0.2) is 18.2 Å². The van der Waals surface area contributed by atoms with Crippen molar-refractivity contribution >= 4 is 5.69 Å². The van der Waals surface area contributed by atoms with Crippen LogP contribution in [0.2, 0.25) is 0 Å². The molecule has 2 heterocycles. The Hall–Kier alpha value is -0.980. The van der Waals surface area contributed by atoms with Gasteiger partial charge < -0.3 is 4.90 Å². The molecular formula is C18H33N. The first-order chi connectivity index (χ1) is 9.45. The Balaban J connectivity index is 0.000000482. The van der Waals surface area contributed by atoms with E-state index in [1.807, 2.05) is 41.5 Å². The lowest BCUT2D eigenvalue weighted by atomic mass is 9.92. The van der Waals surface area contributed by atoms with Crippen LogP contribution in [0.5, 0.6) is 0 Å².